The summed E-state index contributed by atoms with van der Waals surface area (Å²) in [6.45, 7) is 3.43. The Labute approximate surface area is 286 Å². The first-order chi connectivity index (χ1) is 22.8. The van der Waals surface area contributed by atoms with Crippen molar-refractivity contribution in [2.24, 2.45) is 0 Å². The Morgan fingerprint density at radius 2 is 1.17 bits per heavy atom. The molecule has 0 aliphatic rings. The van der Waals surface area contributed by atoms with E-state index < -0.39 is 26.5 Å². The first kappa shape index (κ1) is 45.2. The number of rotatable bonds is 34. The maximum Gasteiger partial charge on any atom is 0.472 e. The fourth-order valence-corrected chi connectivity index (χ4v) is 5.44. The van der Waals surface area contributed by atoms with Crippen molar-refractivity contribution in [1.29, 1.82) is 0 Å². The van der Waals surface area contributed by atoms with E-state index in [2.05, 4.69) is 55.6 Å². The topological polar surface area (TPSA) is 131 Å². The van der Waals surface area contributed by atoms with Crippen LogP contribution in [0.5, 0.6) is 0 Å². The molecular formula is C37H68NO8P. The van der Waals surface area contributed by atoms with Gasteiger partial charge >= 0.3 is 13.8 Å². The Hall–Kier alpha value is -1.77. The number of amides is 1. The molecule has 2 unspecified atom stereocenters. The number of unbranched alkanes of at least 4 members (excludes halogenated alkanes) is 15. The smallest absolute Gasteiger partial charge is 0.463 e. The Balaban J connectivity index is 3.67. The highest BCUT2D eigenvalue weighted by atomic mass is 31.2. The molecule has 2 atom stereocenters. The van der Waals surface area contributed by atoms with Gasteiger partial charge in [-0.05, 0) is 64.2 Å². The van der Waals surface area contributed by atoms with Crippen LogP contribution in [0.2, 0.25) is 0 Å². The van der Waals surface area contributed by atoms with Crippen LogP contribution in [-0.4, -0.2) is 54.3 Å². The molecule has 10 heteroatoms. The van der Waals surface area contributed by atoms with Crippen LogP contribution in [0, 0.1) is 0 Å². The molecule has 0 fully saturated rings. The molecule has 0 aromatic rings. The van der Waals surface area contributed by atoms with Gasteiger partial charge in [0.15, 0.2) is 0 Å². The van der Waals surface area contributed by atoms with Crippen molar-refractivity contribution in [3.63, 3.8) is 0 Å². The van der Waals surface area contributed by atoms with Gasteiger partial charge in [-0.1, -0.05) is 115 Å². The molecule has 3 N–H and O–H groups in total. The van der Waals surface area contributed by atoms with Crippen LogP contribution in [-0.2, 0) is 27.9 Å². The monoisotopic (exact) mass is 685 g/mol. The standard InChI is InChI=1S/C37H68NO8P/c1-3-5-7-9-11-13-15-16-17-18-20-21-23-25-27-29-36(40)38-31-32-45-47(42,43)46-34-35(39)33-44-37(41)30-28-26-24-22-19-14-12-10-8-6-4-2/h10-13,16-17,35,39H,3-9,14-15,18-34H2,1-2H3,(H,38,40)(H,42,43)/b12-10-,13-11-,17-16-. The van der Waals surface area contributed by atoms with E-state index in [0.717, 1.165) is 89.9 Å². The van der Waals surface area contributed by atoms with Crippen LogP contribution in [0.15, 0.2) is 36.5 Å². The molecule has 1 amide bonds. The van der Waals surface area contributed by atoms with Gasteiger partial charge in [-0.3, -0.25) is 18.6 Å². The van der Waals surface area contributed by atoms with Gasteiger partial charge in [0.1, 0.15) is 12.7 Å². The molecule has 0 aliphatic carbocycles. The average molecular weight is 686 g/mol. The Morgan fingerprint density at radius 3 is 1.79 bits per heavy atom. The van der Waals surface area contributed by atoms with Gasteiger partial charge in [0.2, 0.25) is 5.91 Å². The fraction of sp³-hybridized carbons (Fsp3) is 0.784. The molecule has 0 bridgehead atoms. The minimum absolute atomic E-state index is 0.0727. The summed E-state index contributed by atoms with van der Waals surface area (Å²) in [5, 5.41) is 12.6. The van der Waals surface area contributed by atoms with E-state index in [9.17, 15) is 24.2 Å². The number of allylic oxidation sites excluding steroid dienone is 6. The van der Waals surface area contributed by atoms with Crippen LogP contribution in [0.1, 0.15) is 155 Å². The van der Waals surface area contributed by atoms with E-state index in [1.807, 2.05) is 0 Å². The number of ether oxygens (including phenoxy) is 1. The molecule has 0 aliphatic heterocycles. The molecule has 0 spiro atoms. The summed E-state index contributed by atoms with van der Waals surface area (Å²) in [7, 11) is -4.41. The number of carbonyl (C=O) groups excluding carboxylic acids is 2. The number of phosphoric ester groups is 1. The van der Waals surface area contributed by atoms with Gasteiger partial charge in [0.25, 0.3) is 0 Å². The van der Waals surface area contributed by atoms with E-state index in [1.165, 1.54) is 38.5 Å². The lowest BCUT2D eigenvalue weighted by atomic mass is 10.1. The molecule has 0 aromatic carbocycles. The molecule has 0 saturated heterocycles. The predicted molar refractivity (Wildman–Crippen MR) is 192 cm³/mol. The SMILES string of the molecule is CCCC/C=C\CCCCCCCC(=O)OCC(O)COP(=O)(O)OCCNC(=O)CCCCCCC/C=C\C/C=C\CCCCC. The lowest BCUT2D eigenvalue weighted by molar-refractivity contribution is -0.147. The number of hydrogen-bond donors (Lipinski definition) is 3. The zero-order valence-corrected chi connectivity index (χ0v) is 30.6. The summed E-state index contributed by atoms with van der Waals surface area (Å²) in [6.07, 6.45) is 35.0. The maximum atomic E-state index is 12.0. The zero-order chi connectivity index (χ0) is 34.7. The number of esters is 1. The summed E-state index contributed by atoms with van der Waals surface area (Å²) in [5.74, 6) is -0.544. The Morgan fingerprint density at radius 1 is 0.660 bits per heavy atom. The first-order valence-corrected chi connectivity index (χ1v) is 20.0. The number of nitrogens with one attached hydrogen (secondary N) is 1. The number of aliphatic hydroxyl groups excluding tert-OH is 1. The van der Waals surface area contributed by atoms with Crippen molar-refractivity contribution in [3.05, 3.63) is 36.5 Å². The van der Waals surface area contributed by atoms with E-state index in [1.54, 1.807) is 0 Å². The summed E-state index contributed by atoms with van der Waals surface area (Å²) >= 11 is 0. The molecule has 0 aromatic heterocycles. The number of phosphoric acid groups is 1. The molecule has 0 saturated carbocycles. The number of hydrogen-bond acceptors (Lipinski definition) is 7. The quantitative estimate of drug-likeness (QED) is 0.0264. The van der Waals surface area contributed by atoms with Crippen LogP contribution in [0.3, 0.4) is 0 Å². The molecule has 274 valence electrons. The second-order valence-corrected chi connectivity index (χ2v) is 13.6. The summed E-state index contributed by atoms with van der Waals surface area (Å²) in [4.78, 5) is 33.7. The highest BCUT2D eigenvalue weighted by Crippen LogP contribution is 2.42. The zero-order valence-electron chi connectivity index (χ0n) is 29.7. The maximum absolute atomic E-state index is 12.0. The predicted octanol–water partition coefficient (Wildman–Crippen LogP) is 9.43. The molecule has 9 nitrogen and oxygen atoms in total. The minimum atomic E-state index is -4.41. The van der Waals surface area contributed by atoms with Crippen LogP contribution in [0.25, 0.3) is 0 Å². The van der Waals surface area contributed by atoms with Gasteiger partial charge in [-0.25, -0.2) is 4.57 Å². The second-order valence-electron chi connectivity index (χ2n) is 12.2. The van der Waals surface area contributed by atoms with Crippen LogP contribution >= 0.6 is 7.82 Å². The van der Waals surface area contributed by atoms with Crippen molar-refractivity contribution in [3.8, 4) is 0 Å². The first-order valence-electron chi connectivity index (χ1n) is 18.5. The van der Waals surface area contributed by atoms with E-state index in [0.29, 0.717) is 6.42 Å². The van der Waals surface area contributed by atoms with Crippen molar-refractivity contribution in [1.82, 2.24) is 5.32 Å². The van der Waals surface area contributed by atoms with Gasteiger partial charge in [0, 0.05) is 19.4 Å². The van der Waals surface area contributed by atoms with Crippen LogP contribution in [0.4, 0.5) is 0 Å². The Bertz CT molecular complexity index is 876. The largest absolute Gasteiger partial charge is 0.472 e. The number of carbonyl (C=O) groups is 2. The highest BCUT2D eigenvalue weighted by molar-refractivity contribution is 7.47. The lowest BCUT2D eigenvalue weighted by Crippen LogP contribution is -2.27. The van der Waals surface area contributed by atoms with Crippen molar-refractivity contribution in [2.75, 3.05) is 26.4 Å². The van der Waals surface area contributed by atoms with Crippen molar-refractivity contribution in [2.45, 2.75) is 161 Å². The van der Waals surface area contributed by atoms with Gasteiger partial charge in [0.05, 0.1) is 13.2 Å². The summed E-state index contributed by atoms with van der Waals surface area (Å²) in [6, 6.07) is 0. The van der Waals surface area contributed by atoms with Gasteiger partial charge in [-0.2, -0.15) is 0 Å². The summed E-state index contributed by atoms with van der Waals surface area (Å²) < 4.78 is 26.7. The fourth-order valence-electron chi connectivity index (χ4n) is 4.68. The third kappa shape index (κ3) is 35.4. The van der Waals surface area contributed by atoms with E-state index in [4.69, 9.17) is 13.8 Å². The van der Waals surface area contributed by atoms with Gasteiger partial charge < -0.3 is 20.1 Å². The molecule has 0 rings (SSSR count). The number of aliphatic hydroxyl groups is 1. The highest BCUT2D eigenvalue weighted by Gasteiger charge is 2.23. The minimum Gasteiger partial charge on any atom is -0.463 e. The van der Waals surface area contributed by atoms with E-state index >= 15 is 0 Å². The lowest BCUT2D eigenvalue weighted by Gasteiger charge is -2.15. The van der Waals surface area contributed by atoms with Crippen molar-refractivity contribution >= 4 is 19.7 Å². The van der Waals surface area contributed by atoms with Crippen LogP contribution < -0.4 is 5.32 Å². The molecular weight excluding hydrogens is 617 g/mol. The van der Waals surface area contributed by atoms with E-state index in [-0.39, 0.29) is 32.1 Å². The third-order valence-corrected chi connectivity index (χ3v) is 8.53. The molecule has 0 radical (unpaired) electrons. The molecule has 47 heavy (non-hydrogen) atoms. The van der Waals surface area contributed by atoms with Gasteiger partial charge in [-0.15, -0.1) is 0 Å². The normalized spacial score (nSPS) is 13.9. The summed E-state index contributed by atoms with van der Waals surface area (Å²) in [5.41, 5.74) is 0. The third-order valence-electron chi connectivity index (χ3n) is 7.54. The second kappa shape index (κ2) is 34.1. The average Bonchev–Trinajstić information content (AvgIpc) is 3.05. The molecule has 0 heterocycles. The Kier molecular flexibility index (Phi) is 32.8. The van der Waals surface area contributed by atoms with Crippen molar-refractivity contribution < 1.29 is 37.9 Å².